The van der Waals surface area contributed by atoms with E-state index in [9.17, 15) is 9.18 Å². The van der Waals surface area contributed by atoms with Gasteiger partial charge in [0.15, 0.2) is 0 Å². The molecule has 0 aliphatic carbocycles. The number of benzene rings is 2. The summed E-state index contributed by atoms with van der Waals surface area (Å²) < 4.78 is 14.2. The third kappa shape index (κ3) is 3.47. The molecule has 1 unspecified atom stereocenters. The number of para-hydroxylation sites is 2. The zero-order chi connectivity index (χ0) is 19.7. The van der Waals surface area contributed by atoms with E-state index in [1.807, 2.05) is 12.1 Å². The third-order valence-electron chi connectivity index (χ3n) is 5.06. The second-order valence-corrected chi connectivity index (χ2v) is 7.07. The number of aryl methyl sites for hydroxylation is 1. The van der Waals surface area contributed by atoms with Crippen LogP contribution in [0, 0.1) is 12.7 Å². The van der Waals surface area contributed by atoms with Crippen LogP contribution in [-0.4, -0.2) is 35.0 Å². The molecule has 1 atom stereocenters. The first-order chi connectivity index (χ1) is 13.5. The van der Waals surface area contributed by atoms with Gasteiger partial charge in [0, 0.05) is 24.5 Å². The quantitative estimate of drug-likeness (QED) is 0.727. The lowest BCUT2D eigenvalue weighted by Gasteiger charge is -2.35. The summed E-state index contributed by atoms with van der Waals surface area (Å²) in [7, 11) is 0. The maximum absolute atomic E-state index is 14.2. The van der Waals surface area contributed by atoms with Crippen LogP contribution in [-0.2, 0) is 0 Å². The van der Waals surface area contributed by atoms with Gasteiger partial charge in [-0.05, 0) is 44.0 Å². The van der Waals surface area contributed by atoms with E-state index in [1.165, 1.54) is 6.07 Å². The van der Waals surface area contributed by atoms with E-state index < -0.39 is 5.91 Å². The molecule has 1 aliphatic heterocycles. The first kappa shape index (κ1) is 18.2. The van der Waals surface area contributed by atoms with Gasteiger partial charge in [0.25, 0.3) is 5.91 Å². The molecule has 1 aromatic heterocycles. The Kier molecular flexibility index (Phi) is 4.81. The number of halogens is 1. The number of fused-ring (bicyclic) bond motifs is 1. The maximum Gasteiger partial charge on any atom is 0.250 e. The lowest BCUT2D eigenvalue weighted by atomic mass is 10.0. The second-order valence-electron chi connectivity index (χ2n) is 7.07. The van der Waals surface area contributed by atoms with Gasteiger partial charge in [-0.1, -0.05) is 18.2 Å². The number of nitrogens with one attached hydrogen (secondary N) is 1. The van der Waals surface area contributed by atoms with E-state index in [2.05, 4.69) is 20.2 Å². The summed E-state index contributed by atoms with van der Waals surface area (Å²) in [5.74, 6) is 0.507. The zero-order valence-electron chi connectivity index (χ0n) is 15.7. The molecule has 28 heavy (non-hydrogen) atoms. The number of amides is 1. The SMILES string of the molecule is Cc1nc(NC2CCCN(c3ccccc3F)C2)c2cccc(C(N)=O)c2n1. The number of anilines is 2. The molecule has 1 saturated heterocycles. The first-order valence-electron chi connectivity index (χ1n) is 9.36. The molecule has 4 rings (SSSR count). The minimum absolute atomic E-state index is 0.100. The number of nitrogens with two attached hydrogens (primary N) is 1. The molecule has 7 heteroatoms. The molecule has 0 spiro atoms. The van der Waals surface area contributed by atoms with Crippen LogP contribution >= 0.6 is 0 Å². The van der Waals surface area contributed by atoms with E-state index >= 15 is 0 Å². The highest BCUT2D eigenvalue weighted by Gasteiger charge is 2.23. The van der Waals surface area contributed by atoms with Crippen molar-refractivity contribution in [2.75, 3.05) is 23.3 Å². The number of primary amides is 1. The van der Waals surface area contributed by atoms with Crippen molar-refractivity contribution >= 4 is 28.3 Å². The molecular formula is C21H22FN5O. The van der Waals surface area contributed by atoms with E-state index in [4.69, 9.17) is 5.73 Å². The molecule has 1 aliphatic rings. The Hall–Kier alpha value is -3.22. The Morgan fingerprint density at radius 1 is 1.21 bits per heavy atom. The number of carbonyl (C=O) groups is 1. The molecule has 1 fully saturated rings. The first-order valence-corrected chi connectivity index (χ1v) is 9.36. The molecule has 0 bridgehead atoms. The molecule has 2 heterocycles. The Balaban J connectivity index is 1.64. The van der Waals surface area contributed by atoms with Crippen LogP contribution in [0.2, 0.25) is 0 Å². The van der Waals surface area contributed by atoms with E-state index in [1.54, 1.807) is 31.2 Å². The largest absolute Gasteiger partial charge is 0.367 e. The highest BCUT2D eigenvalue weighted by Crippen LogP contribution is 2.27. The fourth-order valence-corrected chi connectivity index (χ4v) is 3.79. The average molecular weight is 379 g/mol. The molecule has 3 aromatic rings. The normalized spacial score (nSPS) is 16.9. The summed E-state index contributed by atoms with van der Waals surface area (Å²) in [6, 6.07) is 12.3. The van der Waals surface area contributed by atoms with Gasteiger partial charge in [-0.25, -0.2) is 14.4 Å². The zero-order valence-corrected chi connectivity index (χ0v) is 15.7. The highest BCUT2D eigenvalue weighted by molar-refractivity contribution is 6.07. The molecule has 3 N–H and O–H groups in total. The van der Waals surface area contributed by atoms with Crippen molar-refractivity contribution in [3.63, 3.8) is 0 Å². The lowest BCUT2D eigenvalue weighted by Crippen LogP contribution is -2.42. The monoisotopic (exact) mass is 379 g/mol. The standard InChI is InChI=1S/C21H22FN5O/c1-13-24-19-15(20(23)28)7-4-8-16(19)21(25-13)26-14-6-5-11-27(12-14)18-10-3-2-9-17(18)22/h2-4,7-10,14H,5-6,11-12H2,1H3,(H2,23,28)(H,24,25,26). The van der Waals surface area contributed by atoms with Gasteiger partial charge in [-0.15, -0.1) is 0 Å². The third-order valence-corrected chi connectivity index (χ3v) is 5.06. The Labute approximate surface area is 162 Å². The lowest BCUT2D eigenvalue weighted by molar-refractivity contribution is 0.100. The predicted octanol–water partition coefficient (Wildman–Crippen LogP) is 3.26. The fourth-order valence-electron chi connectivity index (χ4n) is 3.79. The van der Waals surface area contributed by atoms with Gasteiger partial charge in [-0.2, -0.15) is 0 Å². The number of rotatable bonds is 4. The van der Waals surface area contributed by atoms with Crippen LogP contribution in [0.4, 0.5) is 15.9 Å². The number of aromatic nitrogens is 2. The second kappa shape index (κ2) is 7.42. The predicted molar refractivity (Wildman–Crippen MR) is 108 cm³/mol. The number of nitrogens with zero attached hydrogens (tertiary/aromatic N) is 3. The summed E-state index contributed by atoms with van der Waals surface area (Å²) in [5, 5.41) is 4.24. The van der Waals surface area contributed by atoms with Crippen molar-refractivity contribution in [3.05, 3.63) is 59.7 Å². The molecule has 144 valence electrons. The van der Waals surface area contributed by atoms with Crippen LogP contribution in [0.15, 0.2) is 42.5 Å². The molecule has 0 saturated carbocycles. The van der Waals surface area contributed by atoms with Crippen molar-refractivity contribution in [3.8, 4) is 0 Å². The molecule has 2 aromatic carbocycles. The van der Waals surface area contributed by atoms with Crippen molar-refractivity contribution in [1.82, 2.24) is 9.97 Å². The number of carbonyl (C=O) groups excluding carboxylic acids is 1. The van der Waals surface area contributed by atoms with Crippen molar-refractivity contribution in [1.29, 1.82) is 0 Å². The van der Waals surface area contributed by atoms with Gasteiger partial charge in [0.05, 0.1) is 16.8 Å². The molecule has 1 amide bonds. The van der Waals surface area contributed by atoms with Crippen molar-refractivity contribution < 1.29 is 9.18 Å². The topological polar surface area (TPSA) is 84.1 Å². The summed E-state index contributed by atoms with van der Waals surface area (Å²) in [4.78, 5) is 22.8. The maximum atomic E-state index is 14.2. The van der Waals surface area contributed by atoms with Crippen LogP contribution in [0.1, 0.15) is 29.0 Å². The molecular weight excluding hydrogens is 357 g/mol. The van der Waals surface area contributed by atoms with E-state index in [0.717, 1.165) is 24.8 Å². The Bertz CT molecular complexity index is 1040. The Morgan fingerprint density at radius 3 is 2.82 bits per heavy atom. The minimum Gasteiger partial charge on any atom is -0.367 e. The fraction of sp³-hybridized carbons (Fsp3) is 0.286. The summed E-state index contributed by atoms with van der Waals surface area (Å²) >= 11 is 0. The number of piperidine rings is 1. The molecule has 0 radical (unpaired) electrons. The highest BCUT2D eigenvalue weighted by atomic mass is 19.1. The Morgan fingerprint density at radius 2 is 2.04 bits per heavy atom. The van der Waals surface area contributed by atoms with Gasteiger partial charge >= 0.3 is 0 Å². The van der Waals surface area contributed by atoms with Gasteiger partial charge < -0.3 is 16.0 Å². The number of hydrogen-bond donors (Lipinski definition) is 2. The van der Waals surface area contributed by atoms with E-state index in [-0.39, 0.29) is 11.9 Å². The van der Waals surface area contributed by atoms with Crippen LogP contribution < -0.4 is 16.0 Å². The van der Waals surface area contributed by atoms with Gasteiger partial charge in [-0.3, -0.25) is 4.79 Å². The average Bonchev–Trinajstić information content (AvgIpc) is 2.68. The van der Waals surface area contributed by atoms with Crippen LogP contribution in [0.5, 0.6) is 0 Å². The van der Waals surface area contributed by atoms with Crippen LogP contribution in [0.3, 0.4) is 0 Å². The molecule has 6 nitrogen and oxygen atoms in total. The van der Waals surface area contributed by atoms with Crippen LogP contribution in [0.25, 0.3) is 10.9 Å². The number of hydrogen-bond acceptors (Lipinski definition) is 5. The summed E-state index contributed by atoms with van der Waals surface area (Å²) in [6.07, 6.45) is 1.89. The minimum atomic E-state index is -0.516. The van der Waals surface area contributed by atoms with Crippen molar-refractivity contribution in [2.24, 2.45) is 5.73 Å². The summed E-state index contributed by atoms with van der Waals surface area (Å²) in [6.45, 7) is 3.27. The van der Waals surface area contributed by atoms with Gasteiger partial charge in [0.2, 0.25) is 0 Å². The van der Waals surface area contributed by atoms with Crippen molar-refractivity contribution in [2.45, 2.75) is 25.8 Å². The van der Waals surface area contributed by atoms with Gasteiger partial charge in [0.1, 0.15) is 17.5 Å². The smallest absolute Gasteiger partial charge is 0.250 e. The summed E-state index contributed by atoms with van der Waals surface area (Å²) in [5.41, 5.74) is 7.04. The van der Waals surface area contributed by atoms with E-state index in [0.29, 0.717) is 35.0 Å².